The van der Waals surface area contributed by atoms with Gasteiger partial charge in [0.1, 0.15) is 5.37 Å². The van der Waals surface area contributed by atoms with E-state index in [2.05, 4.69) is 0 Å². The summed E-state index contributed by atoms with van der Waals surface area (Å²) in [5.74, 6) is 0.632. The molecule has 0 aromatic heterocycles. The highest BCUT2D eigenvalue weighted by atomic mass is 35.5. The number of thioether (sulfide) groups is 1. The maximum atomic E-state index is 12.1. The molecular formula is C15H12ClNOS. The fourth-order valence-electron chi connectivity index (χ4n) is 2.19. The Morgan fingerprint density at radius 3 is 2.63 bits per heavy atom. The van der Waals surface area contributed by atoms with Crippen molar-refractivity contribution in [1.82, 2.24) is 0 Å². The molecule has 0 unspecified atom stereocenters. The Morgan fingerprint density at radius 1 is 1.11 bits per heavy atom. The van der Waals surface area contributed by atoms with Crippen molar-refractivity contribution in [3.8, 4) is 0 Å². The Hall–Kier alpha value is -1.45. The lowest BCUT2D eigenvalue weighted by atomic mass is 10.2. The third-order valence-corrected chi connectivity index (χ3v) is 4.49. The van der Waals surface area contributed by atoms with Crippen LogP contribution in [-0.4, -0.2) is 11.7 Å². The fraction of sp³-hybridized carbons (Fsp3) is 0.133. The van der Waals surface area contributed by atoms with E-state index in [0.717, 1.165) is 11.3 Å². The van der Waals surface area contributed by atoms with Crippen LogP contribution in [0.2, 0.25) is 5.02 Å². The van der Waals surface area contributed by atoms with Crippen molar-refractivity contribution < 1.29 is 4.79 Å². The van der Waals surface area contributed by atoms with Crippen LogP contribution >= 0.6 is 23.4 Å². The van der Waals surface area contributed by atoms with Gasteiger partial charge in [-0.05, 0) is 23.8 Å². The summed E-state index contributed by atoms with van der Waals surface area (Å²) in [7, 11) is 0. The lowest BCUT2D eigenvalue weighted by molar-refractivity contribution is -0.115. The van der Waals surface area contributed by atoms with E-state index >= 15 is 0 Å². The summed E-state index contributed by atoms with van der Waals surface area (Å²) in [5, 5.41) is 0.682. The monoisotopic (exact) mass is 289 g/mol. The van der Waals surface area contributed by atoms with Crippen LogP contribution in [0.25, 0.3) is 0 Å². The highest BCUT2D eigenvalue weighted by Gasteiger charge is 2.33. The predicted octanol–water partition coefficient (Wildman–Crippen LogP) is 4.12. The molecule has 0 radical (unpaired) electrons. The largest absolute Gasteiger partial charge is 0.295 e. The number of halogens is 1. The maximum Gasteiger partial charge on any atom is 0.238 e. The highest BCUT2D eigenvalue weighted by molar-refractivity contribution is 8.00. The number of nitrogens with zero attached hydrogens (tertiary/aromatic N) is 1. The molecule has 3 rings (SSSR count). The van der Waals surface area contributed by atoms with Crippen LogP contribution in [0.15, 0.2) is 54.6 Å². The van der Waals surface area contributed by atoms with Gasteiger partial charge in [-0.25, -0.2) is 0 Å². The summed E-state index contributed by atoms with van der Waals surface area (Å²) in [6, 6.07) is 17.5. The van der Waals surface area contributed by atoms with E-state index in [4.69, 9.17) is 11.6 Å². The molecule has 96 valence electrons. The second-order valence-electron chi connectivity index (χ2n) is 4.32. The fourth-order valence-corrected chi connectivity index (χ4v) is 3.56. The minimum absolute atomic E-state index is 0.0344. The van der Waals surface area contributed by atoms with E-state index in [9.17, 15) is 4.79 Å². The Balaban J connectivity index is 2.00. The Kier molecular flexibility index (Phi) is 3.49. The molecule has 2 nitrogen and oxygen atoms in total. The van der Waals surface area contributed by atoms with Crippen LogP contribution in [0.5, 0.6) is 0 Å². The van der Waals surface area contributed by atoms with Crippen molar-refractivity contribution in [2.24, 2.45) is 0 Å². The van der Waals surface area contributed by atoms with Crippen molar-refractivity contribution in [2.75, 3.05) is 10.7 Å². The molecule has 1 amide bonds. The van der Waals surface area contributed by atoms with Crippen molar-refractivity contribution >= 4 is 35.0 Å². The average Bonchev–Trinajstić information content (AvgIpc) is 2.82. The number of rotatable bonds is 2. The van der Waals surface area contributed by atoms with Crippen molar-refractivity contribution in [1.29, 1.82) is 0 Å². The Bertz CT molecular complexity index is 602. The first-order valence-electron chi connectivity index (χ1n) is 6.00. The lowest BCUT2D eigenvalue weighted by Gasteiger charge is -2.24. The normalized spacial score (nSPS) is 18.9. The Morgan fingerprint density at radius 2 is 1.89 bits per heavy atom. The summed E-state index contributed by atoms with van der Waals surface area (Å²) >= 11 is 7.67. The molecule has 1 aliphatic rings. The first-order valence-corrected chi connectivity index (χ1v) is 7.42. The van der Waals surface area contributed by atoms with Gasteiger partial charge >= 0.3 is 0 Å². The van der Waals surface area contributed by atoms with Crippen LogP contribution in [0.3, 0.4) is 0 Å². The summed E-state index contributed by atoms with van der Waals surface area (Å²) < 4.78 is 0. The summed E-state index contributed by atoms with van der Waals surface area (Å²) in [5.41, 5.74) is 2.00. The van der Waals surface area contributed by atoms with E-state index in [1.54, 1.807) is 11.8 Å². The second-order valence-corrected chi connectivity index (χ2v) is 5.82. The molecule has 1 saturated heterocycles. The second kappa shape index (κ2) is 5.27. The van der Waals surface area contributed by atoms with Gasteiger partial charge in [-0.2, -0.15) is 0 Å². The first kappa shape index (κ1) is 12.6. The molecule has 0 aliphatic carbocycles. The van der Waals surface area contributed by atoms with Crippen LogP contribution in [0.4, 0.5) is 5.69 Å². The number of anilines is 1. The number of hydrogen-bond acceptors (Lipinski definition) is 2. The number of amides is 1. The molecule has 2 aromatic carbocycles. The molecular weight excluding hydrogens is 278 g/mol. The van der Waals surface area contributed by atoms with Crippen LogP contribution < -0.4 is 4.90 Å². The van der Waals surface area contributed by atoms with Gasteiger partial charge < -0.3 is 0 Å². The van der Waals surface area contributed by atoms with Gasteiger partial charge in [0.2, 0.25) is 5.91 Å². The minimum Gasteiger partial charge on any atom is -0.295 e. The van der Waals surface area contributed by atoms with Gasteiger partial charge in [-0.1, -0.05) is 48.0 Å². The van der Waals surface area contributed by atoms with Crippen molar-refractivity contribution in [3.63, 3.8) is 0 Å². The molecule has 1 aliphatic heterocycles. The number of benzene rings is 2. The van der Waals surface area contributed by atoms with Crippen molar-refractivity contribution in [3.05, 3.63) is 65.2 Å². The molecule has 0 N–H and O–H groups in total. The van der Waals surface area contributed by atoms with Gasteiger partial charge in [0.25, 0.3) is 0 Å². The summed E-state index contributed by atoms with van der Waals surface area (Å²) in [6.45, 7) is 0. The molecule has 0 spiro atoms. The standard InChI is InChI=1S/C15H12ClNOS/c16-12-7-4-8-13(9-12)17-14(18)10-19-15(17)11-5-2-1-3-6-11/h1-9,15H,10H2/t15-/m1/s1. The lowest BCUT2D eigenvalue weighted by Crippen LogP contribution is -2.27. The molecule has 1 fully saturated rings. The molecule has 4 heteroatoms. The average molecular weight is 290 g/mol. The zero-order valence-electron chi connectivity index (χ0n) is 10.1. The van der Waals surface area contributed by atoms with E-state index in [1.165, 1.54) is 0 Å². The third-order valence-electron chi connectivity index (χ3n) is 3.04. The van der Waals surface area contributed by atoms with Crippen LogP contribution in [0, 0.1) is 0 Å². The quantitative estimate of drug-likeness (QED) is 0.829. The zero-order chi connectivity index (χ0) is 13.2. The predicted molar refractivity (Wildman–Crippen MR) is 80.6 cm³/mol. The molecule has 1 atom stereocenters. The van der Waals surface area contributed by atoms with E-state index in [-0.39, 0.29) is 11.3 Å². The van der Waals surface area contributed by atoms with E-state index < -0.39 is 0 Å². The molecule has 0 bridgehead atoms. The van der Waals surface area contributed by atoms with Gasteiger partial charge in [0.15, 0.2) is 0 Å². The summed E-state index contributed by atoms with van der Waals surface area (Å²) in [4.78, 5) is 14.0. The van der Waals surface area contributed by atoms with E-state index in [1.807, 2.05) is 59.5 Å². The van der Waals surface area contributed by atoms with Gasteiger partial charge in [0.05, 0.1) is 5.75 Å². The highest BCUT2D eigenvalue weighted by Crippen LogP contribution is 2.41. The number of carbonyl (C=O) groups excluding carboxylic acids is 1. The minimum atomic E-state index is 0.0344. The molecule has 0 saturated carbocycles. The topological polar surface area (TPSA) is 20.3 Å². The van der Waals surface area contributed by atoms with Crippen LogP contribution in [0.1, 0.15) is 10.9 Å². The number of hydrogen-bond donors (Lipinski definition) is 0. The Labute approximate surface area is 121 Å². The summed E-state index contributed by atoms with van der Waals surface area (Å²) in [6.07, 6.45) is 0. The zero-order valence-corrected chi connectivity index (χ0v) is 11.7. The molecule has 2 aromatic rings. The molecule has 1 heterocycles. The van der Waals surface area contributed by atoms with Gasteiger partial charge in [0, 0.05) is 10.7 Å². The van der Waals surface area contributed by atoms with Crippen molar-refractivity contribution in [2.45, 2.75) is 5.37 Å². The van der Waals surface area contributed by atoms with Gasteiger partial charge in [-0.3, -0.25) is 9.69 Å². The maximum absolute atomic E-state index is 12.1. The third kappa shape index (κ3) is 2.48. The first-order chi connectivity index (χ1) is 9.25. The van der Waals surface area contributed by atoms with E-state index in [0.29, 0.717) is 10.8 Å². The van der Waals surface area contributed by atoms with Crippen LogP contribution in [-0.2, 0) is 4.79 Å². The SMILES string of the molecule is O=C1CS[C@H](c2ccccc2)N1c1cccc(Cl)c1. The smallest absolute Gasteiger partial charge is 0.238 e. The molecule has 19 heavy (non-hydrogen) atoms. The number of carbonyl (C=O) groups is 1. The van der Waals surface area contributed by atoms with Gasteiger partial charge in [-0.15, -0.1) is 11.8 Å².